The van der Waals surface area contributed by atoms with E-state index in [4.69, 9.17) is 0 Å². The molecule has 0 radical (unpaired) electrons. The molecule has 0 aliphatic carbocycles. The van der Waals surface area contributed by atoms with E-state index in [1.807, 2.05) is 0 Å². The second-order valence-electron chi connectivity index (χ2n) is 4.26. The van der Waals surface area contributed by atoms with Crippen molar-refractivity contribution in [2.24, 2.45) is 4.40 Å². The highest BCUT2D eigenvalue weighted by atomic mass is 32.2. The molecule has 0 aromatic heterocycles. The fourth-order valence-corrected chi connectivity index (χ4v) is 1.40. The number of nitrogens with zero attached hydrogens (tertiary/aromatic N) is 1. The molecule has 0 aliphatic heterocycles. The minimum atomic E-state index is -1.47. The molecule has 1 aromatic carbocycles. The van der Waals surface area contributed by atoms with E-state index in [2.05, 4.69) is 4.40 Å². The van der Waals surface area contributed by atoms with E-state index in [1.165, 1.54) is 0 Å². The van der Waals surface area contributed by atoms with Crippen molar-refractivity contribution in [3.05, 3.63) is 35.4 Å². The maximum absolute atomic E-state index is 13.2. The first-order valence-corrected chi connectivity index (χ1v) is 5.82. The summed E-state index contributed by atoms with van der Waals surface area (Å²) in [6.45, 7) is 5.26. The summed E-state index contributed by atoms with van der Waals surface area (Å²) in [5.41, 5.74) is -0.00222. The largest absolute Gasteiger partial charge is 0.234 e. The molecule has 1 aromatic rings. The summed E-state index contributed by atoms with van der Waals surface area (Å²) in [7, 11) is -1.47. The first-order valence-electron chi connectivity index (χ1n) is 4.72. The smallest absolute Gasteiger partial charge is 0.144 e. The minimum absolute atomic E-state index is 0.00222. The first kappa shape index (κ1) is 13.0. The van der Waals surface area contributed by atoms with Crippen molar-refractivity contribution in [2.75, 3.05) is 0 Å². The van der Waals surface area contributed by atoms with Crippen LogP contribution in [0.2, 0.25) is 0 Å². The van der Waals surface area contributed by atoms with Crippen molar-refractivity contribution in [3.8, 4) is 0 Å². The van der Waals surface area contributed by atoms with Crippen LogP contribution in [-0.4, -0.2) is 15.2 Å². The summed E-state index contributed by atoms with van der Waals surface area (Å²) < 4.78 is 40.7. The van der Waals surface area contributed by atoms with Crippen LogP contribution in [0.15, 0.2) is 22.6 Å². The molecule has 1 atom stereocenters. The second-order valence-corrected chi connectivity index (χ2v) is 6.20. The van der Waals surface area contributed by atoms with Crippen LogP contribution in [0.1, 0.15) is 26.3 Å². The zero-order valence-corrected chi connectivity index (χ0v) is 10.1. The number of rotatable bonds is 2. The normalized spacial score (nSPS) is 14.3. The molecule has 1 rings (SSSR count). The summed E-state index contributed by atoms with van der Waals surface area (Å²) in [5, 5.41) is 0. The number of halogens is 2. The lowest BCUT2D eigenvalue weighted by Crippen LogP contribution is -2.19. The predicted octanol–water partition coefficient (Wildman–Crippen LogP) is 2.85. The zero-order chi connectivity index (χ0) is 12.3. The van der Waals surface area contributed by atoms with Crippen LogP contribution in [0.25, 0.3) is 0 Å². The van der Waals surface area contributed by atoms with Gasteiger partial charge in [-0.1, -0.05) is 0 Å². The molecule has 0 amide bonds. The van der Waals surface area contributed by atoms with E-state index in [-0.39, 0.29) is 5.56 Å². The van der Waals surface area contributed by atoms with Crippen LogP contribution in [0.4, 0.5) is 8.78 Å². The van der Waals surface area contributed by atoms with Gasteiger partial charge >= 0.3 is 0 Å². The molecule has 0 spiro atoms. The molecular formula is C11H13F2NOS. The van der Waals surface area contributed by atoms with Crippen LogP contribution in [0, 0.1) is 11.6 Å². The maximum Gasteiger partial charge on any atom is 0.144 e. The molecule has 0 aliphatic rings. The van der Waals surface area contributed by atoms with Crippen LogP contribution >= 0.6 is 0 Å². The minimum Gasteiger partial charge on any atom is -0.234 e. The molecule has 16 heavy (non-hydrogen) atoms. The second kappa shape index (κ2) is 4.82. The molecule has 0 N–H and O–H groups in total. The Morgan fingerprint density at radius 2 is 1.94 bits per heavy atom. The molecule has 88 valence electrons. The van der Waals surface area contributed by atoms with Crippen LogP contribution in [0.5, 0.6) is 0 Å². The van der Waals surface area contributed by atoms with Crippen molar-refractivity contribution in [1.82, 2.24) is 0 Å². The summed E-state index contributed by atoms with van der Waals surface area (Å²) in [6.07, 6.45) is 1.10. The Morgan fingerprint density at radius 1 is 1.31 bits per heavy atom. The molecule has 0 fully saturated rings. The van der Waals surface area contributed by atoms with Gasteiger partial charge in [0.05, 0.1) is 4.75 Å². The Labute approximate surface area is 96.0 Å². The molecule has 0 heterocycles. The molecule has 2 nitrogen and oxygen atoms in total. The van der Waals surface area contributed by atoms with E-state index in [1.54, 1.807) is 20.8 Å². The fourth-order valence-electron chi connectivity index (χ4n) is 0.876. The van der Waals surface area contributed by atoms with Gasteiger partial charge in [0, 0.05) is 11.8 Å². The molecule has 0 bridgehead atoms. The highest BCUT2D eigenvalue weighted by Gasteiger charge is 2.18. The lowest BCUT2D eigenvalue weighted by Gasteiger charge is -2.12. The Kier molecular flexibility index (Phi) is 3.91. The van der Waals surface area contributed by atoms with Gasteiger partial charge in [-0.05, 0) is 39.0 Å². The fraction of sp³-hybridized carbons (Fsp3) is 0.364. The highest BCUT2D eigenvalue weighted by Crippen LogP contribution is 2.13. The highest BCUT2D eigenvalue weighted by molar-refractivity contribution is 7.85. The van der Waals surface area contributed by atoms with Gasteiger partial charge in [-0.25, -0.2) is 13.0 Å². The van der Waals surface area contributed by atoms with Crippen molar-refractivity contribution in [3.63, 3.8) is 0 Å². The Bertz CT molecular complexity index is 438. The van der Waals surface area contributed by atoms with Gasteiger partial charge in [0.25, 0.3) is 0 Å². The Balaban J connectivity index is 2.93. The predicted molar refractivity (Wildman–Crippen MR) is 61.8 cm³/mol. The summed E-state index contributed by atoms with van der Waals surface area (Å²) in [5.74, 6) is -1.14. The van der Waals surface area contributed by atoms with Crippen molar-refractivity contribution in [2.45, 2.75) is 25.5 Å². The molecule has 1 unspecified atom stereocenters. The SMILES string of the molecule is CC(C)(C)S(=O)/N=C/c1cc(F)ccc1F. The van der Waals surface area contributed by atoms with Gasteiger partial charge in [0.1, 0.15) is 22.6 Å². The van der Waals surface area contributed by atoms with E-state index in [0.717, 1.165) is 24.4 Å². The lowest BCUT2D eigenvalue weighted by atomic mass is 10.2. The Hall–Kier alpha value is -1.10. The van der Waals surface area contributed by atoms with Gasteiger partial charge in [-0.3, -0.25) is 0 Å². The molecule has 0 saturated heterocycles. The average molecular weight is 245 g/mol. The molecule has 5 heteroatoms. The van der Waals surface area contributed by atoms with E-state index in [0.29, 0.717) is 0 Å². The van der Waals surface area contributed by atoms with Gasteiger partial charge in [-0.15, -0.1) is 0 Å². The van der Waals surface area contributed by atoms with Crippen molar-refractivity contribution < 1.29 is 13.0 Å². The third-order valence-corrected chi connectivity index (χ3v) is 3.11. The summed E-state index contributed by atoms with van der Waals surface area (Å²) >= 11 is 0. The summed E-state index contributed by atoms with van der Waals surface area (Å²) in [6, 6.07) is 3.04. The average Bonchev–Trinajstić information content (AvgIpc) is 2.17. The zero-order valence-electron chi connectivity index (χ0n) is 9.33. The third kappa shape index (κ3) is 3.48. The third-order valence-electron chi connectivity index (χ3n) is 1.77. The number of hydrogen-bond acceptors (Lipinski definition) is 1. The molecule has 0 saturated carbocycles. The monoisotopic (exact) mass is 245 g/mol. The van der Waals surface area contributed by atoms with E-state index in [9.17, 15) is 13.0 Å². The maximum atomic E-state index is 13.2. The van der Waals surface area contributed by atoms with Crippen molar-refractivity contribution in [1.29, 1.82) is 0 Å². The van der Waals surface area contributed by atoms with E-state index >= 15 is 0 Å². The van der Waals surface area contributed by atoms with Crippen LogP contribution < -0.4 is 0 Å². The van der Waals surface area contributed by atoms with Crippen LogP contribution in [-0.2, 0) is 11.0 Å². The van der Waals surface area contributed by atoms with Crippen molar-refractivity contribution >= 4 is 17.2 Å². The standard InChI is InChI=1S/C11H13F2NOS/c1-11(2,3)16(15)14-7-8-6-9(12)4-5-10(8)13/h4-7H,1-3H3/b14-7+. The number of benzene rings is 1. The Morgan fingerprint density at radius 3 is 2.50 bits per heavy atom. The number of hydrogen-bond donors (Lipinski definition) is 0. The van der Waals surface area contributed by atoms with Gasteiger partial charge in [0.2, 0.25) is 0 Å². The van der Waals surface area contributed by atoms with Gasteiger partial charge < -0.3 is 0 Å². The van der Waals surface area contributed by atoms with Gasteiger partial charge in [-0.2, -0.15) is 4.40 Å². The van der Waals surface area contributed by atoms with E-state index < -0.39 is 27.4 Å². The lowest BCUT2D eigenvalue weighted by molar-refractivity contribution is 0.598. The first-order chi connectivity index (χ1) is 7.30. The van der Waals surface area contributed by atoms with Gasteiger partial charge in [0.15, 0.2) is 0 Å². The summed E-state index contributed by atoms with van der Waals surface area (Å²) in [4.78, 5) is 0. The van der Waals surface area contributed by atoms with Crippen LogP contribution in [0.3, 0.4) is 0 Å². The quantitative estimate of drug-likeness (QED) is 0.737. The molecular weight excluding hydrogens is 232 g/mol. The topological polar surface area (TPSA) is 29.4 Å².